The minimum absolute atomic E-state index is 0.0365. The molecule has 0 heterocycles. The summed E-state index contributed by atoms with van der Waals surface area (Å²) in [7, 11) is 3.03. The quantitative estimate of drug-likeness (QED) is 0.434. The molecule has 9 heteroatoms. The van der Waals surface area contributed by atoms with Crippen molar-refractivity contribution in [2.24, 2.45) is 4.99 Å². The minimum Gasteiger partial charge on any atom is -0.496 e. The van der Waals surface area contributed by atoms with Crippen molar-refractivity contribution in [1.82, 2.24) is 10.6 Å². The van der Waals surface area contributed by atoms with Gasteiger partial charge in [0, 0.05) is 13.1 Å². The summed E-state index contributed by atoms with van der Waals surface area (Å²) >= 11 is 0. The highest BCUT2D eigenvalue weighted by molar-refractivity contribution is 5.79. The number of aliphatic imine (C=N–C) groups is 1. The molecule has 0 aliphatic carbocycles. The van der Waals surface area contributed by atoms with E-state index in [9.17, 15) is 13.2 Å². The van der Waals surface area contributed by atoms with Gasteiger partial charge < -0.3 is 24.8 Å². The molecule has 0 aliphatic rings. The molecule has 0 aliphatic heterocycles. The van der Waals surface area contributed by atoms with Crippen LogP contribution in [0.1, 0.15) is 18.1 Å². The molecule has 2 N–H and O–H groups in total. The Morgan fingerprint density at radius 2 is 1.71 bits per heavy atom. The van der Waals surface area contributed by atoms with E-state index in [1.54, 1.807) is 19.2 Å². The van der Waals surface area contributed by atoms with E-state index in [1.807, 2.05) is 31.2 Å². The summed E-state index contributed by atoms with van der Waals surface area (Å²) in [5.74, 6) is 1.74. The highest BCUT2D eigenvalue weighted by Crippen LogP contribution is 2.30. The summed E-state index contributed by atoms with van der Waals surface area (Å²) in [4.78, 5) is 4.53. The Labute approximate surface area is 180 Å². The zero-order valence-electron chi connectivity index (χ0n) is 17.9. The first-order valence-corrected chi connectivity index (χ1v) is 9.86. The second kappa shape index (κ2) is 11.9. The van der Waals surface area contributed by atoms with Crippen molar-refractivity contribution in [2.45, 2.75) is 26.1 Å². The number of halogens is 3. The second-order valence-electron chi connectivity index (χ2n) is 6.57. The van der Waals surface area contributed by atoms with E-state index in [0.717, 1.165) is 23.3 Å². The molecule has 0 saturated heterocycles. The fourth-order valence-corrected chi connectivity index (χ4v) is 2.83. The van der Waals surface area contributed by atoms with Crippen LogP contribution in [0.3, 0.4) is 0 Å². The Bertz CT molecular complexity index is 857. The number of hydrogen-bond donors (Lipinski definition) is 2. The van der Waals surface area contributed by atoms with Gasteiger partial charge in [0.05, 0.1) is 20.8 Å². The van der Waals surface area contributed by atoms with Crippen molar-refractivity contribution in [1.29, 1.82) is 0 Å². The third-order valence-electron chi connectivity index (χ3n) is 4.26. The predicted molar refractivity (Wildman–Crippen MR) is 114 cm³/mol. The summed E-state index contributed by atoms with van der Waals surface area (Å²) in [5.41, 5.74) is 1.87. The van der Waals surface area contributed by atoms with Crippen LogP contribution < -0.4 is 24.8 Å². The van der Waals surface area contributed by atoms with Crippen molar-refractivity contribution in [2.75, 3.05) is 33.9 Å². The molecule has 0 radical (unpaired) electrons. The number of hydrogen-bond acceptors (Lipinski definition) is 4. The number of para-hydroxylation sites is 1. The maximum Gasteiger partial charge on any atom is 0.422 e. The first-order valence-electron chi connectivity index (χ1n) is 9.86. The molecule has 2 aromatic rings. The van der Waals surface area contributed by atoms with Crippen LogP contribution >= 0.6 is 0 Å². The van der Waals surface area contributed by atoms with E-state index in [0.29, 0.717) is 25.6 Å². The zero-order chi connectivity index (χ0) is 22.7. The Morgan fingerprint density at radius 3 is 2.39 bits per heavy atom. The molecule has 0 fully saturated rings. The molecule has 0 aromatic heterocycles. The van der Waals surface area contributed by atoms with Gasteiger partial charge in [-0.1, -0.05) is 24.3 Å². The molecule has 6 nitrogen and oxygen atoms in total. The summed E-state index contributed by atoms with van der Waals surface area (Å²) < 4.78 is 52.5. The van der Waals surface area contributed by atoms with E-state index in [-0.39, 0.29) is 11.5 Å². The molecule has 0 spiro atoms. The third-order valence-corrected chi connectivity index (χ3v) is 4.26. The molecule has 0 bridgehead atoms. The lowest BCUT2D eigenvalue weighted by Crippen LogP contribution is -2.38. The lowest BCUT2D eigenvalue weighted by molar-refractivity contribution is -0.153. The fourth-order valence-electron chi connectivity index (χ4n) is 2.83. The summed E-state index contributed by atoms with van der Waals surface area (Å²) in [6, 6.07) is 12.6. The molecule has 0 saturated carbocycles. The van der Waals surface area contributed by atoms with E-state index in [1.165, 1.54) is 13.2 Å². The summed E-state index contributed by atoms with van der Waals surface area (Å²) in [5, 5.41) is 6.44. The molecule has 31 heavy (non-hydrogen) atoms. The average molecular weight is 439 g/mol. The first kappa shape index (κ1) is 24.2. The lowest BCUT2D eigenvalue weighted by atomic mass is 10.1. The topological polar surface area (TPSA) is 64.1 Å². The van der Waals surface area contributed by atoms with Crippen LogP contribution in [-0.4, -0.2) is 46.1 Å². The van der Waals surface area contributed by atoms with Gasteiger partial charge in [-0.15, -0.1) is 0 Å². The van der Waals surface area contributed by atoms with E-state index in [2.05, 4.69) is 15.6 Å². The van der Waals surface area contributed by atoms with Crippen LogP contribution in [0.5, 0.6) is 17.2 Å². The molecular weight excluding hydrogens is 411 g/mol. The number of ether oxygens (including phenoxy) is 3. The van der Waals surface area contributed by atoms with Gasteiger partial charge >= 0.3 is 6.18 Å². The smallest absolute Gasteiger partial charge is 0.422 e. The average Bonchev–Trinajstić information content (AvgIpc) is 2.76. The number of nitrogens with zero attached hydrogens (tertiary/aromatic N) is 1. The summed E-state index contributed by atoms with van der Waals surface area (Å²) in [6.45, 7) is 2.25. The van der Waals surface area contributed by atoms with Crippen molar-refractivity contribution in [3.8, 4) is 17.2 Å². The molecule has 170 valence electrons. The van der Waals surface area contributed by atoms with Gasteiger partial charge in [0.15, 0.2) is 24.1 Å². The lowest BCUT2D eigenvalue weighted by Gasteiger charge is -2.14. The number of rotatable bonds is 10. The maximum absolute atomic E-state index is 12.4. The zero-order valence-corrected chi connectivity index (χ0v) is 17.9. The summed E-state index contributed by atoms with van der Waals surface area (Å²) in [6.07, 6.45) is -3.66. The SMILES string of the molecule is CCNC(=NCc1ccc(OCC(F)(F)F)c(OC)c1)NCCc1ccccc1OC. The molecular formula is C22H28F3N3O3. The molecule has 2 rings (SSSR count). The van der Waals surface area contributed by atoms with Crippen LogP contribution in [0, 0.1) is 0 Å². The Kier molecular flexibility index (Phi) is 9.30. The highest BCUT2D eigenvalue weighted by Gasteiger charge is 2.29. The number of nitrogens with one attached hydrogen (secondary N) is 2. The van der Waals surface area contributed by atoms with E-state index in [4.69, 9.17) is 14.2 Å². The Morgan fingerprint density at radius 1 is 0.968 bits per heavy atom. The van der Waals surface area contributed by atoms with Crippen LogP contribution in [0.4, 0.5) is 13.2 Å². The normalized spacial score (nSPS) is 11.7. The number of benzene rings is 2. The van der Waals surface area contributed by atoms with Crippen molar-refractivity contribution in [3.63, 3.8) is 0 Å². The monoisotopic (exact) mass is 439 g/mol. The first-order chi connectivity index (χ1) is 14.9. The van der Waals surface area contributed by atoms with Gasteiger partial charge in [-0.2, -0.15) is 13.2 Å². The third kappa shape index (κ3) is 8.27. The second-order valence-corrected chi connectivity index (χ2v) is 6.57. The molecule has 0 amide bonds. The van der Waals surface area contributed by atoms with E-state index >= 15 is 0 Å². The van der Waals surface area contributed by atoms with Crippen LogP contribution in [0.15, 0.2) is 47.5 Å². The van der Waals surface area contributed by atoms with Gasteiger partial charge in [0.2, 0.25) is 0 Å². The number of methoxy groups -OCH3 is 2. The van der Waals surface area contributed by atoms with Gasteiger partial charge in [-0.25, -0.2) is 4.99 Å². The molecule has 0 unspecified atom stereocenters. The highest BCUT2D eigenvalue weighted by atomic mass is 19.4. The van der Waals surface area contributed by atoms with Crippen LogP contribution in [0.25, 0.3) is 0 Å². The maximum atomic E-state index is 12.4. The number of alkyl halides is 3. The van der Waals surface area contributed by atoms with Gasteiger partial charge in [-0.05, 0) is 42.7 Å². The van der Waals surface area contributed by atoms with Gasteiger partial charge in [0.1, 0.15) is 5.75 Å². The van der Waals surface area contributed by atoms with Crippen molar-refractivity contribution in [3.05, 3.63) is 53.6 Å². The van der Waals surface area contributed by atoms with E-state index < -0.39 is 12.8 Å². The minimum atomic E-state index is -4.41. The number of guanidine groups is 1. The standard InChI is InChI=1S/C22H28F3N3O3/c1-4-26-21(27-12-11-17-7-5-6-8-18(17)29-2)28-14-16-9-10-19(20(13-16)30-3)31-15-22(23,24)25/h5-10,13H,4,11-12,14-15H2,1-3H3,(H2,26,27,28). The predicted octanol–water partition coefficient (Wildman–Crippen LogP) is 3.94. The van der Waals surface area contributed by atoms with Gasteiger partial charge in [-0.3, -0.25) is 0 Å². The van der Waals surface area contributed by atoms with Crippen molar-refractivity contribution >= 4 is 5.96 Å². The van der Waals surface area contributed by atoms with Gasteiger partial charge in [0.25, 0.3) is 0 Å². The van der Waals surface area contributed by atoms with Crippen molar-refractivity contribution < 1.29 is 27.4 Å². The fraction of sp³-hybridized carbons (Fsp3) is 0.409. The Hall–Kier alpha value is -3.10. The Balaban J connectivity index is 1.99. The van der Waals surface area contributed by atoms with Crippen LogP contribution in [-0.2, 0) is 13.0 Å². The molecule has 2 aromatic carbocycles. The van der Waals surface area contributed by atoms with Crippen LogP contribution in [0.2, 0.25) is 0 Å². The largest absolute Gasteiger partial charge is 0.496 e. The molecule has 0 atom stereocenters.